The fourth-order valence-electron chi connectivity index (χ4n) is 13.7. The number of hydrogen-bond acceptors (Lipinski definition) is 40. The van der Waals surface area contributed by atoms with Crippen LogP contribution in [0, 0.1) is 13.8 Å². The summed E-state index contributed by atoms with van der Waals surface area (Å²) in [5.41, 5.74) is 14.0. The zero-order chi connectivity index (χ0) is 96.4. The molecule has 0 radical (unpaired) electrons. The number of fused-ring (bicyclic) bond motifs is 4. The molecule has 0 atom stereocenters. The Kier molecular flexibility index (Phi) is 48.2. The number of carbonyl (C=O) groups excluding carboxylic acids is 4. The van der Waals surface area contributed by atoms with E-state index < -0.39 is 0 Å². The van der Waals surface area contributed by atoms with E-state index in [9.17, 15) is 19.2 Å². The van der Waals surface area contributed by atoms with Crippen LogP contribution < -0.4 is 18.9 Å². The Bertz CT molecular complexity index is 5670. The molecule has 0 spiro atoms. The van der Waals surface area contributed by atoms with E-state index >= 15 is 0 Å². The maximum Gasteiger partial charge on any atom is 0.315 e. The summed E-state index contributed by atoms with van der Waals surface area (Å²) in [5, 5.41) is 0. The van der Waals surface area contributed by atoms with E-state index in [-0.39, 0.29) is 23.9 Å². The second-order valence-electron chi connectivity index (χ2n) is 29.8. The Balaban J connectivity index is 0.799. The van der Waals surface area contributed by atoms with Gasteiger partial charge in [0.1, 0.15) is 88.0 Å². The minimum absolute atomic E-state index is 0.223. The van der Waals surface area contributed by atoms with Gasteiger partial charge in [-0.25, -0.2) is 19.9 Å². The van der Waals surface area contributed by atoms with Gasteiger partial charge in [-0.3, -0.25) is 19.2 Å². The van der Waals surface area contributed by atoms with Crippen LogP contribution >= 0.6 is 93.2 Å². The van der Waals surface area contributed by atoms with Crippen LogP contribution in [0.2, 0.25) is 0 Å². The molecule has 0 fully saturated rings. The molecule has 32 nitrogen and oxygen atoms in total. The van der Waals surface area contributed by atoms with Crippen molar-refractivity contribution in [2.45, 2.75) is 41.5 Å². The lowest BCUT2D eigenvalue weighted by Crippen LogP contribution is -2.13. The molecule has 12 aromatic rings. The van der Waals surface area contributed by atoms with Crippen LogP contribution in [0.25, 0.3) is 120 Å². The number of carbonyl (C=O) groups is 4. The summed E-state index contributed by atoms with van der Waals surface area (Å²) in [6.45, 7) is 23.9. The van der Waals surface area contributed by atoms with Gasteiger partial charge in [0.05, 0.1) is 260 Å². The average molecular weight is 2050 g/mol. The number of esters is 4. The van der Waals surface area contributed by atoms with Gasteiger partial charge in [0.25, 0.3) is 0 Å². The average Bonchev–Trinajstić information content (AvgIpc) is 1.46. The molecule has 138 heavy (non-hydrogen) atoms. The van der Waals surface area contributed by atoms with Crippen LogP contribution in [0.15, 0.2) is 121 Å². The maximum absolute atomic E-state index is 11.6. The molecule has 0 aliphatic heterocycles. The van der Waals surface area contributed by atoms with Crippen molar-refractivity contribution >= 4 is 161 Å². The van der Waals surface area contributed by atoms with Gasteiger partial charge in [-0.15, -0.1) is 69.7 Å². The molecule has 12 rings (SSSR count). The molecule has 0 amide bonds. The fraction of sp³-hybridized carbons (Fsp3) is 0.469. The first-order valence-corrected chi connectivity index (χ1v) is 53.5. The largest absolute Gasteiger partial charge is 0.491 e. The van der Waals surface area contributed by atoms with E-state index in [1.165, 1.54) is 47.0 Å². The van der Waals surface area contributed by atoms with Crippen molar-refractivity contribution in [1.29, 1.82) is 0 Å². The second kappa shape index (κ2) is 61.7. The van der Waals surface area contributed by atoms with Gasteiger partial charge in [-0.1, -0.05) is 0 Å². The highest BCUT2D eigenvalue weighted by Gasteiger charge is 2.30. The van der Waals surface area contributed by atoms with Crippen LogP contribution in [0.4, 0.5) is 0 Å². The summed E-state index contributed by atoms with van der Waals surface area (Å²) < 4.78 is 134. The predicted molar refractivity (Wildman–Crippen MR) is 546 cm³/mol. The van der Waals surface area contributed by atoms with Gasteiger partial charge in [-0.05, 0) is 163 Å². The Labute approximate surface area is 836 Å². The first-order chi connectivity index (χ1) is 67.9. The summed E-state index contributed by atoms with van der Waals surface area (Å²) in [4.78, 5) is 73.2. The number of hydrogen-bond donors (Lipinski definition) is 0. The SMILES string of the molecule is CCOC(=O)CSCCOCCOCCOCCOc1ccc(-c2nc3c(C)c4nsnc4c(-c4ccc(-c5c6nsnc6c(-c6ccc(C)s6)c6nc(-c7ccc(OCCOCCOCCOCCSCC(=O)OCC)cc7)c(-c7ccc(OCCOCCOCCOCCSCC(=O)OCC)cc7)nc56)s4)c3nc2-c2ccc(OCCOCCOCCOCCSCC(=O)OCC)cc2)cc1. The Morgan fingerprint density at radius 2 is 0.478 bits per heavy atom. The standard InChI is InChI=1S/C98H118N8O24S8/c1-7-123-80(107)63-131-59-55-119-43-39-111-31-35-115-47-51-127-73-20-12-69(13-21-73)89-90(70-14-22-74(23-15-70)128-52-48-116-36-32-112-40-44-120-56-60-132-64-81(108)124-8-2)100-93-85(96-88(103-137-104-96)68(6)87(93)99-89)78-29-30-79(136-78)86-95-94(84(77-28-11-67(5)135-77)97-98(86)106-138-105-97)101-91(71-16-24-75(25-17-71)129-53-49-117-37-33-113-41-45-121-57-61-133-65-82(109)125-9-3)92(102-95)72-18-26-76(27-19-72)130-54-50-118-38-34-114-42-46-122-58-62-134-66-83(110)126-10-4/h11-30H,7-10,31-66H2,1-6H3. The summed E-state index contributed by atoms with van der Waals surface area (Å²) in [5.74, 6) is 5.61. The van der Waals surface area contributed by atoms with E-state index in [1.807, 2.05) is 104 Å². The van der Waals surface area contributed by atoms with E-state index in [4.69, 9.17) is 132 Å². The van der Waals surface area contributed by atoms with Crippen molar-refractivity contribution < 1.29 is 114 Å². The van der Waals surface area contributed by atoms with Crippen molar-refractivity contribution in [2.75, 3.05) is 257 Å². The van der Waals surface area contributed by atoms with E-state index in [1.54, 1.807) is 50.4 Å². The molecule has 0 unspecified atom stereocenters. The van der Waals surface area contributed by atoms with Gasteiger partial charge in [-0.2, -0.15) is 17.5 Å². The Morgan fingerprint density at radius 3 is 0.739 bits per heavy atom. The fourth-order valence-corrected chi connectivity index (χ4v) is 19.4. The van der Waals surface area contributed by atoms with E-state index in [0.717, 1.165) is 87.5 Å². The third kappa shape index (κ3) is 34.7. The lowest BCUT2D eigenvalue weighted by atomic mass is 9.99. The Hall–Kier alpha value is -8.96. The van der Waals surface area contributed by atoms with Crippen LogP contribution in [0.1, 0.15) is 38.1 Å². The number of rotatable bonds is 71. The van der Waals surface area contributed by atoms with Crippen molar-refractivity contribution in [3.63, 3.8) is 0 Å². The predicted octanol–water partition coefficient (Wildman–Crippen LogP) is 16.9. The monoisotopic (exact) mass is 2050 g/mol. The van der Waals surface area contributed by atoms with Crippen LogP contribution in [0.3, 0.4) is 0 Å². The summed E-state index contributed by atoms with van der Waals surface area (Å²) in [6, 6.07) is 39.7. The molecule has 6 heterocycles. The molecule has 0 N–H and O–H groups in total. The molecule has 0 aliphatic carbocycles. The minimum Gasteiger partial charge on any atom is -0.491 e. The summed E-state index contributed by atoms with van der Waals surface area (Å²) in [7, 11) is 0. The van der Waals surface area contributed by atoms with Gasteiger partial charge in [0, 0.05) is 87.0 Å². The van der Waals surface area contributed by atoms with Crippen molar-refractivity contribution in [2.24, 2.45) is 0 Å². The van der Waals surface area contributed by atoms with Crippen LogP contribution in [-0.2, 0) is 95.0 Å². The highest BCUT2D eigenvalue weighted by Crippen LogP contribution is 2.50. The highest BCUT2D eigenvalue weighted by atomic mass is 32.2. The van der Waals surface area contributed by atoms with Gasteiger partial charge in [0.2, 0.25) is 0 Å². The molecular formula is C98H118N8O24S8. The highest BCUT2D eigenvalue weighted by molar-refractivity contribution is 8.00. The van der Waals surface area contributed by atoms with Crippen molar-refractivity contribution in [3.05, 3.63) is 132 Å². The van der Waals surface area contributed by atoms with Gasteiger partial charge in [0.15, 0.2) is 0 Å². The number of benzene rings is 6. The van der Waals surface area contributed by atoms with Gasteiger partial charge >= 0.3 is 23.9 Å². The number of thiophene rings is 2. The second-order valence-corrected chi connectivity index (χ2v) is 37.6. The summed E-state index contributed by atoms with van der Waals surface area (Å²) in [6.07, 6.45) is 0. The quantitative estimate of drug-likeness (QED) is 0.0194. The van der Waals surface area contributed by atoms with Gasteiger partial charge < -0.3 is 94.7 Å². The lowest BCUT2D eigenvalue weighted by Gasteiger charge is -2.16. The molecule has 0 bridgehead atoms. The first kappa shape index (κ1) is 108. The van der Waals surface area contributed by atoms with Crippen LogP contribution in [0.5, 0.6) is 23.0 Å². The topological polar surface area (TPSA) is 356 Å². The van der Waals surface area contributed by atoms with E-state index in [0.29, 0.717) is 347 Å². The molecule has 0 saturated heterocycles. The zero-order valence-corrected chi connectivity index (χ0v) is 85.0. The van der Waals surface area contributed by atoms with Crippen LogP contribution in [-0.4, -0.2) is 319 Å². The molecule has 6 aromatic carbocycles. The molecule has 0 saturated carbocycles. The number of ether oxygens (including phenoxy) is 20. The molecule has 0 aliphatic rings. The molecule has 40 heteroatoms. The number of nitrogens with zero attached hydrogens (tertiary/aromatic N) is 8. The minimum atomic E-state index is -0.224. The molecule has 6 aromatic heterocycles. The van der Waals surface area contributed by atoms with Crippen molar-refractivity contribution in [1.82, 2.24) is 37.4 Å². The normalized spacial score (nSPS) is 11.6. The van der Waals surface area contributed by atoms with E-state index in [2.05, 4.69) is 31.2 Å². The molecule has 742 valence electrons. The third-order valence-electron chi connectivity index (χ3n) is 20.0. The first-order valence-electron chi connectivity index (χ1n) is 45.8. The maximum atomic E-state index is 11.6. The molecular weight excluding hydrogens is 1930 g/mol. The summed E-state index contributed by atoms with van der Waals surface area (Å²) >= 11 is 11.4. The zero-order valence-electron chi connectivity index (χ0n) is 78.5. The third-order valence-corrected chi connectivity index (χ3v) is 26.8. The number of aryl methyl sites for hydroxylation is 2. The van der Waals surface area contributed by atoms with Crippen molar-refractivity contribution in [3.8, 4) is 99.3 Å². The number of thioether (sulfide) groups is 4. The lowest BCUT2D eigenvalue weighted by molar-refractivity contribution is -0.140. The smallest absolute Gasteiger partial charge is 0.315 e. The number of aromatic nitrogens is 8. The Morgan fingerprint density at radius 1 is 0.254 bits per heavy atom.